The fraction of sp³-hybridized carbons (Fsp3) is 0.667. The molecule has 1 fully saturated rings. The lowest BCUT2D eigenvalue weighted by atomic mass is 9.98. The molecule has 0 aromatic carbocycles. The van der Waals surface area contributed by atoms with Gasteiger partial charge in [0.1, 0.15) is 5.82 Å². The van der Waals surface area contributed by atoms with Crippen LogP contribution in [0.15, 0.2) is 6.07 Å². The maximum absolute atomic E-state index is 10.0. The van der Waals surface area contributed by atoms with Crippen LogP contribution in [0.5, 0.6) is 0 Å². The minimum Gasteiger partial charge on any atom is -0.390 e. The molecule has 1 aromatic rings. The average molecular weight is 256 g/mol. The van der Waals surface area contributed by atoms with E-state index in [-0.39, 0.29) is 5.28 Å². The van der Waals surface area contributed by atoms with E-state index in [1.807, 2.05) is 19.9 Å². The van der Waals surface area contributed by atoms with Crippen LogP contribution in [0.3, 0.4) is 0 Å². The number of nitrogens with zero attached hydrogens (tertiary/aromatic N) is 3. The summed E-state index contributed by atoms with van der Waals surface area (Å²) in [5.74, 6) is 0.861. The molecular formula is C12H18ClN3O. The van der Waals surface area contributed by atoms with E-state index in [1.54, 1.807) is 0 Å². The Kier molecular flexibility index (Phi) is 3.54. The Morgan fingerprint density at radius 1 is 1.35 bits per heavy atom. The second-order valence-corrected chi connectivity index (χ2v) is 5.31. The average Bonchev–Trinajstić information content (AvgIpc) is 2.38. The van der Waals surface area contributed by atoms with Gasteiger partial charge in [0.25, 0.3) is 0 Å². The fourth-order valence-electron chi connectivity index (χ4n) is 2.17. The quantitative estimate of drug-likeness (QED) is 0.782. The van der Waals surface area contributed by atoms with E-state index in [1.165, 1.54) is 0 Å². The molecule has 1 aliphatic heterocycles. The molecule has 0 radical (unpaired) electrons. The van der Waals surface area contributed by atoms with Gasteiger partial charge in [0.15, 0.2) is 0 Å². The van der Waals surface area contributed by atoms with E-state index < -0.39 is 5.60 Å². The predicted octanol–water partition coefficient (Wildman–Crippen LogP) is 2.18. The van der Waals surface area contributed by atoms with Gasteiger partial charge in [0.05, 0.1) is 5.60 Å². The molecule has 0 spiro atoms. The smallest absolute Gasteiger partial charge is 0.224 e. The second kappa shape index (κ2) is 4.78. The van der Waals surface area contributed by atoms with Gasteiger partial charge >= 0.3 is 0 Å². The minimum atomic E-state index is -0.555. The first-order valence-corrected chi connectivity index (χ1v) is 6.33. The lowest BCUT2D eigenvalue weighted by Gasteiger charge is -2.23. The Bertz CT molecular complexity index is 388. The monoisotopic (exact) mass is 255 g/mol. The van der Waals surface area contributed by atoms with Crippen LogP contribution in [0.1, 0.15) is 31.9 Å². The maximum Gasteiger partial charge on any atom is 0.224 e. The molecule has 1 unspecified atom stereocenters. The Morgan fingerprint density at radius 2 is 2.12 bits per heavy atom. The third-order valence-electron chi connectivity index (χ3n) is 3.20. The van der Waals surface area contributed by atoms with E-state index in [4.69, 9.17) is 11.6 Å². The summed E-state index contributed by atoms with van der Waals surface area (Å²) in [5, 5.41) is 10.3. The molecule has 0 bridgehead atoms. The van der Waals surface area contributed by atoms with Gasteiger partial charge < -0.3 is 10.0 Å². The number of aliphatic hydroxyl groups is 1. The number of aromatic nitrogens is 2. The van der Waals surface area contributed by atoms with Crippen LogP contribution >= 0.6 is 11.6 Å². The molecule has 5 heteroatoms. The highest BCUT2D eigenvalue weighted by atomic mass is 35.5. The molecule has 0 amide bonds. The van der Waals surface area contributed by atoms with Gasteiger partial charge in [-0.15, -0.1) is 0 Å². The summed E-state index contributed by atoms with van der Waals surface area (Å²) in [6, 6.07) is 1.94. The summed E-state index contributed by atoms with van der Waals surface area (Å²) < 4.78 is 0. The minimum absolute atomic E-state index is 0.288. The summed E-state index contributed by atoms with van der Waals surface area (Å²) in [6.45, 7) is 5.52. The van der Waals surface area contributed by atoms with Crippen molar-refractivity contribution in [2.24, 2.45) is 0 Å². The molecule has 1 aromatic heterocycles. The molecule has 1 aliphatic rings. The van der Waals surface area contributed by atoms with Gasteiger partial charge in [-0.25, -0.2) is 9.97 Å². The van der Waals surface area contributed by atoms with E-state index >= 15 is 0 Å². The Hall–Kier alpha value is -0.870. The van der Waals surface area contributed by atoms with Crippen molar-refractivity contribution in [3.63, 3.8) is 0 Å². The zero-order valence-corrected chi connectivity index (χ0v) is 11.0. The first-order chi connectivity index (χ1) is 7.96. The molecular weight excluding hydrogens is 238 g/mol. The normalized spacial score (nSPS) is 25.8. The molecule has 4 nitrogen and oxygen atoms in total. The molecule has 2 rings (SSSR count). The molecule has 1 N–H and O–H groups in total. The zero-order valence-electron chi connectivity index (χ0n) is 10.3. The maximum atomic E-state index is 10.0. The molecule has 0 saturated carbocycles. The van der Waals surface area contributed by atoms with Crippen molar-refractivity contribution in [2.45, 2.75) is 38.7 Å². The number of aryl methyl sites for hydroxylation is 1. The van der Waals surface area contributed by atoms with Gasteiger partial charge in [-0.2, -0.15) is 0 Å². The fourth-order valence-corrected chi connectivity index (χ4v) is 2.39. The van der Waals surface area contributed by atoms with Gasteiger partial charge in [0, 0.05) is 24.8 Å². The Labute approximate surface area is 107 Å². The predicted molar refractivity (Wildman–Crippen MR) is 68.5 cm³/mol. The van der Waals surface area contributed by atoms with Crippen molar-refractivity contribution in [2.75, 3.05) is 18.0 Å². The Balaban J connectivity index is 2.17. The zero-order chi connectivity index (χ0) is 12.5. The van der Waals surface area contributed by atoms with Crippen LogP contribution in [0.2, 0.25) is 5.28 Å². The van der Waals surface area contributed by atoms with E-state index in [2.05, 4.69) is 14.9 Å². The molecule has 2 heterocycles. The summed E-state index contributed by atoms with van der Waals surface area (Å²) >= 11 is 5.87. The van der Waals surface area contributed by atoms with E-state index in [0.29, 0.717) is 0 Å². The van der Waals surface area contributed by atoms with Crippen molar-refractivity contribution in [3.8, 4) is 0 Å². The molecule has 1 saturated heterocycles. The highest BCUT2D eigenvalue weighted by molar-refractivity contribution is 6.28. The number of anilines is 1. The van der Waals surface area contributed by atoms with Gasteiger partial charge in [0.2, 0.25) is 5.28 Å². The topological polar surface area (TPSA) is 49.2 Å². The lowest BCUT2D eigenvalue weighted by molar-refractivity contribution is 0.0481. The van der Waals surface area contributed by atoms with Crippen LogP contribution in [-0.4, -0.2) is 33.8 Å². The van der Waals surface area contributed by atoms with E-state index in [9.17, 15) is 5.11 Å². The van der Waals surface area contributed by atoms with Crippen molar-refractivity contribution >= 4 is 17.4 Å². The third kappa shape index (κ3) is 3.30. The highest BCUT2D eigenvalue weighted by Gasteiger charge is 2.25. The van der Waals surface area contributed by atoms with Gasteiger partial charge in [-0.05, 0) is 44.7 Å². The summed E-state index contributed by atoms with van der Waals surface area (Å²) in [4.78, 5) is 10.5. The molecule has 94 valence electrons. The number of hydrogen-bond acceptors (Lipinski definition) is 4. The van der Waals surface area contributed by atoms with Crippen LogP contribution < -0.4 is 4.90 Å². The van der Waals surface area contributed by atoms with Gasteiger partial charge in [-0.1, -0.05) is 0 Å². The first kappa shape index (κ1) is 12.6. The number of rotatable bonds is 1. The lowest BCUT2D eigenvalue weighted by Crippen LogP contribution is -2.28. The molecule has 17 heavy (non-hydrogen) atoms. The van der Waals surface area contributed by atoms with Crippen LogP contribution in [-0.2, 0) is 0 Å². The largest absolute Gasteiger partial charge is 0.390 e. The number of halogens is 1. The first-order valence-electron chi connectivity index (χ1n) is 5.95. The van der Waals surface area contributed by atoms with Crippen molar-refractivity contribution in [1.29, 1.82) is 0 Å². The standard InChI is InChI=1S/C12H18ClN3O/c1-9-8-10(15-11(13)14-9)16-6-3-4-12(2,17)5-7-16/h8,17H,3-7H2,1-2H3. The number of hydrogen-bond donors (Lipinski definition) is 1. The van der Waals surface area contributed by atoms with Crippen molar-refractivity contribution in [1.82, 2.24) is 9.97 Å². The second-order valence-electron chi connectivity index (χ2n) is 4.97. The highest BCUT2D eigenvalue weighted by Crippen LogP contribution is 2.24. The van der Waals surface area contributed by atoms with Crippen LogP contribution in [0.25, 0.3) is 0 Å². The Morgan fingerprint density at radius 3 is 2.82 bits per heavy atom. The van der Waals surface area contributed by atoms with Crippen LogP contribution in [0, 0.1) is 6.92 Å². The van der Waals surface area contributed by atoms with E-state index in [0.717, 1.165) is 43.9 Å². The van der Waals surface area contributed by atoms with Crippen LogP contribution in [0.4, 0.5) is 5.82 Å². The molecule has 0 aliphatic carbocycles. The summed E-state index contributed by atoms with van der Waals surface area (Å²) in [5.41, 5.74) is 0.316. The third-order valence-corrected chi connectivity index (χ3v) is 3.37. The van der Waals surface area contributed by atoms with Crippen molar-refractivity contribution in [3.05, 3.63) is 17.0 Å². The van der Waals surface area contributed by atoms with Crippen molar-refractivity contribution < 1.29 is 5.11 Å². The summed E-state index contributed by atoms with van der Waals surface area (Å²) in [6.07, 6.45) is 2.56. The SMILES string of the molecule is Cc1cc(N2CCCC(C)(O)CC2)nc(Cl)n1. The summed E-state index contributed by atoms with van der Waals surface area (Å²) in [7, 11) is 0. The van der Waals surface area contributed by atoms with Gasteiger partial charge in [-0.3, -0.25) is 0 Å². The molecule has 1 atom stereocenters.